The van der Waals surface area contributed by atoms with Crippen molar-refractivity contribution in [3.8, 4) is 0 Å². The summed E-state index contributed by atoms with van der Waals surface area (Å²) in [6, 6.07) is 3.02. The highest BCUT2D eigenvalue weighted by Crippen LogP contribution is 2.32. The van der Waals surface area contributed by atoms with Crippen molar-refractivity contribution in [3.05, 3.63) is 29.3 Å². The molecule has 0 spiro atoms. The molecule has 0 aromatic heterocycles. The van der Waals surface area contributed by atoms with E-state index < -0.39 is 11.7 Å². The third-order valence-electron chi connectivity index (χ3n) is 3.23. The topological polar surface area (TPSA) is 41.1 Å². The van der Waals surface area contributed by atoms with Crippen LogP contribution < -0.4 is 10.6 Å². The van der Waals surface area contributed by atoms with Gasteiger partial charge in [-0.05, 0) is 24.1 Å². The Balaban J connectivity index is 2.35. The van der Waals surface area contributed by atoms with E-state index in [9.17, 15) is 18.0 Å². The van der Waals surface area contributed by atoms with Crippen LogP contribution in [-0.2, 0) is 6.18 Å². The van der Waals surface area contributed by atoms with Crippen molar-refractivity contribution >= 4 is 11.6 Å². The molecule has 1 aromatic carbocycles. The van der Waals surface area contributed by atoms with Crippen molar-refractivity contribution in [3.63, 3.8) is 0 Å². The van der Waals surface area contributed by atoms with Crippen LogP contribution in [0, 0.1) is 5.92 Å². The number of halogens is 3. The van der Waals surface area contributed by atoms with Gasteiger partial charge < -0.3 is 10.6 Å². The molecule has 3 nitrogen and oxygen atoms in total. The molecular formula is C13H15F3N2O. The molecule has 0 bridgehead atoms. The Morgan fingerprint density at radius 3 is 2.58 bits per heavy atom. The molecule has 1 heterocycles. The minimum absolute atomic E-state index is 0.103. The molecule has 1 amide bonds. The maximum Gasteiger partial charge on any atom is 0.416 e. The van der Waals surface area contributed by atoms with Crippen LogP contribution >= 0.6 is 0 Å². The Kier molecular flexibility index (Phi) is 3.43. The predicted octanol–water partition coefficient (Wildman–Crippen LogP) is 2.89. The number of rotatable bonds is 1. The Bertz CT molecular complexity index is 497. The van der Waals surface area contributed by atoms with E-state index in [-0.39, 0.29) is 29.1 Å². The van der Waals surface area contributed by atoms with Crippen molar-refractivity contribution in [2.24, 2.45) is 5.92 Å². The summed E-state index contributed by atoms with van der Waals surface area (Å²) in [6.07, 6.45) is -4.41. The Morgan fingerprint density at radius 2 is 2.00 bits per heavy atom. The first kappa shape index (κ1) is 13.7. The van der Waals surface area contributed by atoms with Crippen LogP contribution in [0.1, 0.15) is 29.8 Å². The van der Waals surface area contributed by atoms with E-state index in [1.54, 1.807) is 0 Å². The molecule has 104 valence electrons. The molecule has 1 atom stereocenters. The van der Waals surface area contributed by atoms with Gasteiger partial charge in [0.05, 0.1) is 11.1 Å². The van der Waals surface area contributed by atoms with Crippen LogP contribution in [0.25, 0.3) is 0 Å². The van der Waals surface area contributed by atoms with Gasteiger partial charge in [-0.25, -0.2) is 0 Å². The summed E-state index contributed by atoms with van der Waals surface area (Å²) >= 11 is 0. The summed E-state index contributed by atoms with van der Waals surface area (Å²) in [5, 5.41) is 5.73. The van der Waals surface area contributed by atoms with Gasteiger partial charge in [-0.3, -0.25) is 4.79 Å². The average molecular weight is 272 g/mol. The summed E-state index contributed by atoms with van der Waals surface area (Å²) < 4.78 is 37.9. The molecule has 1 aliphatic heterocycles. The third kappa shape index (κ3) is 2.83. The maximum atomic E-state index is 12.6. The van der Waals surface area contributed by atoms with Crippen molar-refractivity contribution in [1.29, 1.82) is 0 Å². The SMILES string of the molecule is CC(C)C1CNc2cc(C(F)(F)F)ccc2C(=O)N1. The van der Waals surface area contributed by atoms with Crippen LogP contribution in [-0.4, -0.2) is 18.5 Å². The van der Waals surface area contributed by atoms with Gasteiger partial charge in [0.25, 0.3) is 5.91 Å². The number of carbonyl (C=O) groups excluding carboxylic acids is 1. The van der Waals surface area contributed by atoms with Crippen molar-refractivity contribution in [2.75, 3.05) is 11.9 Å². The van der Waals surface area contributed by atoms with E-state index in [1.807, 2.05) is 13.8 Å². The number of amides is 1. The highest BCUT2D eigenvalue weighted by Gasteiger charge is 2.32. The number of hydrogen-bond acceptors (Lipinski definition) is 2. The van der Waals surface area contributed by atoms with Crippen LogP contribution in [0.3, 0.4) is 0 Å². The molecule has 0 saturated heterocycles. The number of carbonyl (C=O) groups is 1. The van der Waals surface area contributed by atoms with E-state index in [0.29, 0.717) is 6.54 Å². The van der Waals surface area contributed by atoms with E-state index in [1.165, 1.54) is 6.07 Å². The van der Waals surface area contributed by atoms with Crippen LogP contribution in [0.4, 0.5) is 18.9 Å². The zero-order valence-electron chi connectivity index (χ0n) is 10.6. The first-order chi connectivity index (χ1) is 8.79. The normalized spacial score (nSPS) is 19.5. The van der Waals surface area contributed by atoms with Gasteiger partial charge in [0.1, 0.15) is 0 Å². The summed E-state index contributed by atoms with van der Waals surface area (Å²) in [6.45, 7) is 4.31. The van der Waals surface area contributed by atoms with E-state index in [4.69, 9.17) is 0 Å². The summed E-state index contributed by atoms with van der Waals surface area (Å²) in [4.78, 5) is 11.9. The third-order valence-corrected chi connectivity index (χ3v) is 3.23. The fourth-order valence-corrected chi connectivity index (χ4v) is 1.98. The molecule has 19 heavy (non-hydrogen) atoms. The molecule has 0 aliphatic carbocycles. The largest absolute Gasteiger partial charge is 0.416 e. The monoisotopic (exact) mass is 272 g/mol. The molecule has 6 heteroatoms. The first-order valence-corrected chi connectivity index (χ1v) is 6.05. The molecular weight excluding hydrogens is 257 g/mol. The van der Waals surface area contributed by atoms with Gasteiger partial charge in [0, 0.05) is 18.3 Å². The maximum absolute atomic E-state index is 12.6. The smallest absolute Gasteiger partial charge is 0.382 e. The Morgan fingerprint density at radius 1 is 1.32 bits per heavy atom. The fraction of sp³-hybridized carbons (Fsp3) is 0.462. The van der Waals surface area contributed by atoms with Crippen LogP contribution in [0.2, 0.25) is 0 Å². The van der Waals surface area contributed by atoms with Gasteiger partial charge in [0.2, 0.25) is 0 Å². The molecule has 0 fully saturated rings. The van der Waals surface area contributed by atoms with E-state index >= 15 is 0 Å². The lowest BCUT2D eigenvalue weighted by atomic mass is 10.0. The van der Waals surface area contributed by atoms with Crippen molar-refractivity contribution in [1.82, 2.24) is 5.32 Å². The Hall–Kier alpha value is -1.72. The molecule has 1 aliphatic rings. The highest BCUT2D eigenvalue weighted by atomic mass is 19.4. The minimum Gasteiger partial charge on any atom is -0.382 e. The van der Waals surface area contributed by atoms with Crippen LogP contribution in [0.15, 0.2) is 18.2 Å². The van der Waals surface area contributed by atoms with Crippen molar-refractivity contribution in [2.45, 2.75) is 26.1 Å². The number of fused-ring (bicyclic) bond motifs is 1. The number of benzene rings is 1. The Labute approximate surface area is 109 Å². The van der Waals surface area contributed by atoms with E-state index in [0.717, 1.165) is 12.1 Å². The molecule has 0 radical (unpaired) electrons. The second-order valence-electron chi connectivity index (χ2n) is 4.96. The molecule has 1 unspecified atom stereocenters. The second-order valence-corrected chi connectivity index (χ2v) is 4.96. The second kappa shape index (κ2) is 4.75. The summed E-state index contributed by atoms with van der Waals surface area (Å²) in [5.74, 6) is -0.139. The molecule has 1 aromatic rings. The van der Waals surface area contributed by atoms with Gasteiger partial charge in [-0.15, -0.1) is 0 Å². The zero-order chi connectivity index (χ0) is 14.2. The average Bonchev–Trinajstić information content (AvgIpc) is 2.47. The quantitative estimate of drug-likeness (QED) is 0.825. The number of nitrogens with one attached hydrogen (secondary N) is 2. The summed E-state index contributed by atoms with van der Waals surface area (Å²) in [5.41, 5.74) is -0.277. The van der Waals surface area contributed by atoms with E-state index in [2.05, 4.69) is 10.6 Å². The fourth-order valence-electron chi connectivity index (χ4n) is 1.98. The first-order valence-electron chi connectivity index (χ1n) is 6.05. The zero-order valence-corrected chi connectivity index (χ0v) is 10.6. The number of hydrogen-bond donors (Lipinski definition) is 2. The van der Waals surface area contributed by atoms with Crippen molar-refractivity contribution < 1.29 is 18.0 Å². The van der Waals surface area contributed by atoms with Gasteiger partial charge in [0.15, 0.2) is 0 Å². The lowest BCUT2D eigenvalue weighted by molar-refractivity contribution is -0.137. The minimum atomic E-state index is -4.41. The van der Waals surface area contributed by atoms with Crippen LogP contribution in [0.5, 0.6) is 0 Å². The number of anilines is 1. The molecule has 0 saturated carbocycles. The molecule has 2 N–H and O–H groups in total. The molecule has 2 rings (SSSR count). The lowest BCUT2D eigenvalue weighted by Crippen LogP contribution is -2.40. The number of alkyl halides is 3. The highest BCUT2D eigenvalue weighted by molar-refractivity contribution is 6.00. The predicted molar refractivity (Wildman–Crippen MR) is 66.0 cm³/mol. The van der Waals surface area contributed by atoms with Gasteiger partial charge >= 0.3 is 6.18 Å². The lowest BCUT2D eigenvalue weighted by Gasteiger charge is -2.19. The standard InChI is InChI=1S/C13H15F3N2O/c1-7(2)11-6-17-10-5-8(13(14,15)16)3-4-9(10)12(19)18-11/h3-5,7,11,17H,6H2,1-2H3,(H,18,19). The van der Waals surface area contributed by atoms with Gasteiger partial charge in [-0.2, -0.15) is 13.2 Å². The summed E-state index contributed by atoms with van der Waals surface area (Å²) in [7, 11) is 0. The van der Waals surface area contributed by atoms with Gasteiger partial charge in [-0.1, -0.05) is 13.8 Å².